The van der Waals surface area contributed by atoms with E-state index in [0.29, 0.717) is 24.6 Å². The van der Waals surface area contributed by atoms with E-state index in [9.17, 15) is 4.79 Å². The normalized spacial score (nSPS) is 17.5. The zero-order valence-corrected chi connectivity index (χ0v) is 12.4. The molecule has 0 aliphatic carbocycles. The number of ether oxygens (including phenoxy) is 2. The monoisotopic (exact) mass is 302 g/mol. The Morgan fingerprint density at radius 1 is 1.41 bits per heavy atom. The van der Waals surface area contributed by atoms with E-state index in [1.807, 2.05) is 18.3 Å². The predicted octanol–water partition coefficient (Wildman–Crippen LogP) is 1.14. The molecular formula is C15H18N4O3. The van der Waals surface area contributed by atoms with Gasteiger partial charge >= 0.3 is 0 Å². The SMILES string of the molecule is COc1cccc(OCC(=O)N2CCC(n3ccnn3)C2)c1. The van der Waals surface area contributed by atoms with E-state index in [4.69, 9.17) is 9.47 Å². The maximum atomic E-state index is 12.2. The molecule has 1 amide bonds. The molecule has 0 radical (unpaired) electrons. The van der Waals surface area contributed by atoms with Gasteiger partial charge in [-0.25, -0.2) is 4.68 Å². The van der Waals surface area contributed by atoms with E-state index in [2.05, 4.69) is 10.3 Å². The van der Waals surface area contributed by atoms with Crippen LogP contribution >= 0.6 is 0 Å². The van der Waals surface area contributed by atoms with Crippen molar-refractivity contribution in [1.82, 2.24) is 19.9 Å². The highest BCUT2D eigenvalue weighted by atomic mass is 16.5. The molecule has 3 rings (SSSR count). The standard InChI is InChI=1S/C15H18N4O3/c1-21-13-3-2-4-14(9-13)22-11-15(20)18-7-5-12(10-18)19-8-6-16-17-19/h2-4,6,8-9,12H,5,7,10-11H2,1H3. The summed E-state index contributed by atoms with van der Waals surface area (Å²) < 4.78 is 12.5. The van der Waals surface area contributed by atoms with Crippen LogP contribution in [0.2, 0.25) is 0 Å². The Labute approximate surface area is 128 Å². The lowest BCUT2D eigenvalue weighted by Gasteiger charge is -2.17. The Morgan fingerprint density at radius 3 is 3.05 bits per heavy atom. The second-order valence-corrected chi connectivity index (χ2v) is 5.13. The lowest BCUT2D eigenvalue weighted by Crippen LogP contribution is -2.33. The molecule has 2 heterocycles. The fraction of sp³-hybridized carbons (Fsp3) is 0.400. The Hall–Kier alpha value is -2.57. The molecule has 0 spiro atoms. The van der Waals surface area contributed by atoms with Crippen molar-refractivity contribution < 1.29 is 14.3 Å². The first-order chi connectivity index (χ1) is 10.8. The van der Waals surface area contributed by atoms with Crippen molar-refractivity contribution in [2.24, 2.45) is 0 Å². The fourth-order valence-electron chi connectivity index (χ4n) is 2.52. The third-order valence-electron chi connectivity index (χ3n) is 3.73. The lowest BCUT2D eigenvalue weighted by molar-refractivity contribution is -0.132. The van der Waals surface area contributed by atoms with Crippen LogP contribution in [0.3, 0.4) is 0 Å². The van der Waals surface area contributed by atoms with Gasteiger partial charge in [0.25, 0.3) is 5.91 Å². The number of hydrogen-bond acceptors (Lipinski definition) is 5. The van der Waals surface area contributed by atoms with Gasteiger partial charge in [0.15, 0.2) is 6.61 Å². The highest BCUT2D eigenvalue weighted by Crippen LogP contribution is 2.21. The van der Waals surface area contributed by atoms with E-state index in [0.717, 1.165) is 6.42 Å². The van der Waals surface area contributed by atoms with Gasteiger partial charge in [-0.1, -0.05) is 11.3 Å². The van der Waals surface area contributed by atoms with E-state index < -0.39 is 0 Å². The topological polar surface area (TPSA) is 69.5 Å². The average molecular weight is 302 g/mol. The summed E-state index contributed by atoms with van der Waals surface area (Å²) >= 11 is 0. The summed E-state index contributed by atoms with van der Waals surface area (Å²) in [6.07, 6.45) is 4.36. The Morgan fingerprint density at radius 2 is 2.27 bits per heavy atom. The predicted molar refractivity (Wildman–Crippen MR) is 78.7 cm³/mol. The van der Waals surface area contributed by atoms with Crippen LogP contribution < -0.4 is 9.47 Å². The Bertz CT molecular complexity index is 629. The molecule has 7 heteroatoms. The summed E-state index contributed by atoms with van der Waals surface area (Å²) in [5, 5.41) is 7.79. The van der Waals surface area contributed by atoms with Crippen molar-refractivity contribution in [3.63, 3.8) is 0 Å². The molecule has 1 aromatic carbocycles. The molecule has 7 nitrogen and oxygen atoms in total. The second-order valence-electron chi connectivity index (χ2n) is 5.13. The molecule has 0 N–H and O–H groups in total. The molecule has 1 aliphatic rings. The van der Waals surface area contributed by atoms with Gasteiger partial charge in [-0.05, 0) is 18.6 Å². The molecule has 1 atom stereocenters. The van der Waals surface area contributed by atoms with Crippen molar-refractivity contribution >= 4 is 5.91 Å². The van der Waals surface area contributed by atoms with Crippen molar-refractivity contribution in [3.8, 4) is 11.5 Å². The van der Waals surface area contributed by atoms with Crippen LogP contribution in [0, 0.1) is 0 Å². The first kappa shape index (κ1) is 14.4. The molecule has 1 aliphatic heterocycles. The minimum absolute atomic E-state index is 0.0227. The maximum absolute atomic E-state index is 12.2. The molecule has 22 heavy (non-hydrogen) atoms. The van der Waals surface area contributed by atoms with Crippen molar-refractivity contribution in [2.45, 2.75) is 12.5 Å². The number of nitrogens with zero attached hydrogens (tertiary/aromatic N) is 4. The van der Waals surface area contributed by atoms with Gasteiger partial charge in [0, 0.05) is 25.4 Å². The molecule has 1 fully saturated rings. The number of carbonyl (C=O) groups excluding carboxylic acids is 1. The molecular weight excluding hydrogens is 284 g/mol. The summed E-state index contributed by atoms with van der Waals surface area (Å²) in [4.78, 5) is 14.0. The summed E-state index contributed by atoms with van der Waals surface area (Å²) in [7, 11) is 1.60. The average Bonchev–Trinajstić information content (AvgIpc) is 3.23. The fourth-order valence-corrected chi connectivity index (χ4v) is 2.52. The number of rotatable bonds is 5. The van der Waals surface area contributed by atoms with Gasteiger partial charge < -0.3 is 14.4 Å². The van der Waals surface area contributed by atoms with E-state index >= 15 is 0 Å². The Kier molecular flexibility index (Phi) is 4.22. The smallest absolute Gasteiger partial charge is 0.260 e. The van der Waals surface area contributed by atoms with Gasteiger partial charge in [0.1, 0.15) is 11.5 Å². The quantitative estimate of drug-likeness (QED) is 0.828. The number of hydrogen-bond donors (Lipinski definition) is 0. The van der Waals surface area contributed by atoms with Gasteiger partial charge in [-0.15, -0.1) is 5.10 Å². The molecule has 1 saturated heterocycles. The summed E-state index contributed by atoms with van der Waals surface area (Å²) in [6.45, 7) is 1.38. The minimum atomic E-state index is -0.0227. The maximum Gasteiger partial charge on any atom is 0.260 e. The summed E-state index contributed by atoms with van der Waals surface area (Å²) in [5.41, 5.74) is 0. The summed E-state index contributed by atoms with van der Waals surface area (Å²) in [5.74, 6) is 1.31. The van der Waals surface area contributed by atoms with Crippen LogP contribution in [0.4, 0.5) is 0 Å². The zero-order chi connectivity index (χ0) is 15.4. The largest absolute Gasteiger partial charge is 0.497 e. The molecule has 116 valence electrons. The van der Waals surface area contributed by atoms with Crippen LogP contribution in [-0.4, -0.2) is 52.6 Å². The molecule has 2 aromatic rings. The third-order valence-corrected chi connectivity index (χ3v) is 3.73. The van der Waals surface area contributed by atoms with Crippen molar-refractivity contribution in [1.29, 1.82) is 0 Å². The van der Waals surface area contributed by atoms with Crippen LogP contribution in [0.1, 0.15) is 12.5 Å². The van der Waals surface area contributed by atoms with Crippen molar-refractivity contribution in [3.05, 3.63) is 36.7 Å². The Balaban J connectivity index is 1.52. The van der Waals surface area contributed by atoms with Crippen LogP contribution in [0.15, 0.2) is 36.7 Å². The third kappa shape index (κ3) is 3.19. The highest BCUT2D eigenvalue weighted by Gasteiger charge is 2.27. The van der Waals surface area contributed by atoms with E-state index in [1.165, 1.54) is 0 Å². The van der Waals surface area contributed by atoms with Crippen molar-refractivity contribution in [2.75, 3.05) is 26.8 Å². The van der Waals surface area contributed by atoms with E-state index in [1.54, 1.807) is 35.0 Å². The number of likely N-dealkylation sites (tertiary alicyclic amines) is 1. The first-order valence-corrected chi connectivity index (χ1v) is 7.16. The van der Waals surface area contributed by atoms with Crippen LogP contribution in [0.25, 0.3) is 0 Å². The summed E-state index contributed by atoms with van der Waals surface area (Å²) in [6, 6.07) is 7.42. The molecule has 0 bridgehead atoms. The van der Waals surface area contributed by atoms with Gasteiger partial charge in [-0.2, -0.15) is 0 Å². The van der Waals surface area contributed by atoms with Crippen LogP contribution in [0.5, 0.6) is 11.5 Å². The number of aromatic nitrogens is 3. The number of carbonyl (C=O) groups is 1. The minimum Gasteiger partial charge on any atom is -0.497 e. The first-order valence-electron chi connectivity index (χ1n) is 7.16. The molecule has 1 aromatic heterocycles. The number of amides is 1. The van der Waals surface area contributed by atoms with Gasteiger partial charge in [0.2, 0.25) is 0 Å². The lowest BCUT2D eigenvalue weighted by atomic mass is 10.3. The van der Waals surface area contributed by atoms with E-state index in [-0.39, 0.29) is 18.6 Å². The van der Waals surface area contributed by atoms with Crippen LogP contribution in [-0.2, 0) is 4.79 Å². The van der Waals surface area contributed by atoms with Gasteiger partial charge in [-0.3, -0.25) is 4.79 Å². The highest BCUT2D eigenvalue weighted by molar-refractivity contribution is 5.78. The second kappa shape index (κ2) is 6.46. The zero-order valence-electron chi connectivity index (χ0n) is 12.4. The number of benzene rings is 1. The van der Waals surface area contributed by atoms with Gasteiger partial charge in [0.05, 0.1) is 19.3 Å². The molecule has 0 saturated carbocycles. The number of methoxy groups -OCH3 is 1. The molecule has 1 unspecified atom stereocenters.